The van der Waals surface area contributed by atoms with Gasteiger partial charge < -0.3 is 43.5 Å². The maximum atomic E-state index is 15.0. The van der Waals surface area contributed by atoms with Crippen molar-refractivity contribution in [3.05, 3.63) is 119 Å². The van der Waals surface area contributed by atoms with E-state index in [4.69, 9.17) is 38.4 Å². The maximum Gasteiger partial charge on any atom is 0.416 e. The van der Waals surface area contributed by atoms with Crippen molar-refractivity contribution >= 4 is 17.5 Å². The van der Waals surface area contributed by atoms with Crippen LogP contribution in [0.15, 0.2) is 103 Å². The minimum Gasteiger partial charge on any atom is -0.490 e. The second-order valence-corrected chi connectivity index (χ2v) is 15.7. The van der Waals surface area contributed by atoms with Crippen molar-refractivity contribution in [1.82, 2.24) is 4.90 Å². The maximum absolute atomic E-state index is 15.0. The summed E-state index contributed by atoms with van der Waals surface area (Å²) in [5.74, 6) is 0.0325. The van der Waals surface area contributed by atoms with Gasteiger partial charge in [0, 0.05) is 49.8 Å². The fourth-order valence-electron chi connectivity index (χ4n) is 9.37. The molecule has 15 heteroatoms. The van der Waals surface area contributed by atoms with E-state index in [1.165, 1.54) is 24.3 Å². The van der Waals surface area contributed by atoms with Crippen molar-refractivity contribution in [1.29, 1.82) is 0 Å². The molecular formula is C47H55N3O12. The lowest BCUT2D eigenvalue weighted by Gasteiger charge is -2.59. The first kappa shape index (κ1) is 44.2. The van der Waals surface area contributed by atoms with E-state index in [1.54, 1.807) is 23.1 Å². The van der Waals surface area contributed by atoms with Crippen LogP contribution in [-0.2, 0) is 16.1 Å². The molecule has 1 amide bonds. The summed E-state index contributed by atoms with van der Waals surface area (Å²) in [5, 5.41) is 36.0. The van der Waals surface area contributed by atoms with Crippen molar-refractivity contribution in [2.75, 3.05) is 39.8 Å². The van der Waals surface area contributed by atoms with Gasteiger partial charge in [-0.25, -0.2) is 4.79 Å². The number of carbonyl (C=O) groups excluding carboxylic acids is 1. The summed E-state index contributed by atoms with van der Waals surface area (Å²) < 4.78 is 37.9. The van der Waals surface area contributed by atoms with E-state index in [-0.39, 0.29) is 68.8 Å². The first-order chi connectivity index (χ1) is 30.2. The van der Waals surface area contributed by atoms with Crippen molar-refractivity contribution in [2.45, 2.75) is 76.2 Å². The van der Waals surface area contributed by atoms with Crippen molar-refractivity contribution in [3.8, 4) is 28.7 Å². The number of hydrogen-bond acceptors (Lipinski definition) is 13. The summed E-state index contributed by atoms with van der Waals surface area (Å²) in [7, 11) is 0. The summed E-state index contributed by atoms with van der Waals surface area (Å²) in [6.45, 7) is 10.5. The fraction of sp³-hybridized carbons (Fsp3) is 0.447. The van der Waals surface area contributed by atoms with Gasteiger partial charge in [0.15, 0.2) is 11.5 Å². The Kier molecular flexibility index (Phi) is 14.5. The van der Waals surface area contributed by atoms with Gasteiger partial charge in [-0.1, -0.05) is 48.9 Å². The summed E-state index contributed by atoms with van der Waals surface area (Å²) in [6.07, 6.45) is 9.35. The quantitative estimate of drug-likeness (QED) is 0.0454. The molecule has 3 aromatic carbocycles. The molecule has 0 unspecified atom stereocenters. The average Bonchev–Trinajstić information content (AvgIpc) is 3.76. The fourth-order valence-corrected chi connectivity index (χ4v) is 9.37. The highest BCUT2D eigenvalue weighted by molar-refractivity contribution is 6.03. The molecule has 4 aliphatic rings. The first-order valence-electron chi connectivity index (χ1n) is 21.3. The van der Waals surface area contributed by atoms with Crippen LogP contribution in [-0.4, -0.2) is 83.5 Å². The molecule has 0 radical (unpaired) electrons. The number of nitro benzene ring substituents is 1. The van der Waals surface area contributed by atoms with Gasteiger partial charge in [-0.3, -0.25) is 15.0 Å². The molecule has 0 spiro atoms. The number of nitrogens with zero attached hydrogens (tertiary/aromatic N) is 3. The first-order valence-corrected chi connectivity index (χ1v) is 21.3. The summed E-state index contributed by atoms with van der Waals surface area (Å²) in [6, 6.07) is 15.6. The van der Waals surface area contributed by atoms with Crippen LogP contribution in [0.2, 0.25) is 0 Å². The van der Waals surface area contributed by atoms with Gasteiger partial charge in [0.2, 0.25) is 12.6 Å². The third-order valence-electron chi connectivity index (χ3n) is 12.0. The molecule has 2 aliphatic heterocycles. The predicted molar refractivity (Wildman–Crippen MR) is 230 cm³/mol. The highest BCUT2D eigenvalue weighted by atomic mass is 16.7. The molecule has 0 bridgehead atoms. The standard InChI is InChI=1S/C47H55N3O12/c1-4-23-56-35-18-20-40-38(27-35)44-36(12-8-10-22-52)32(11-7-9-21-51)26-37-39(48-60-6-3)28-43(47(62-40,45(37)44)59-24-5-2)49(29-31-13-19-41-42(25-31)58-30-57-41)46(53)61-34-16-14-33(15-17-34)50(54)55/h4-5,13-20,25-27,32,36,43-45,51-52H,1-2,6-12,21-24,28-30H2,3H3/t32-,36+,43-,44+,45+,47+/m0/s1. The Bertz CT molecular complexity index is 2140. The third kappa shape index (κ3) is 9.30. The molecule has 3 aromatic rings. The smallest absolute Gasteiger partial charge is 0.416 e. The zero-order valence-corrected chi connectivity index (χ0v) is 35.0. The minimum atomic E-state index is -1.57. The number of aliphatic hydroxyl groups is 2. The Balaban J connectivity index is 1.44. The average molecular weight is 854 g/mol. The number of carbonyl (C=O) groups is 1. The van der Waals surface area contributed by atoms with Crippen LogP contribution < -0.4 is 23.7 Å². The number of nitro groups is 1. The molecule has 2 aliphatic carbocycles. The topological polar surface area (TPSA) is 181 Å². The predicted octanol–water partition coefficient (Wildman–Crippen LogP) is 8.24. The zero-order valence-electron chi connectivity index (χ0n) is 35.0. The number of aliphatic hydroxyl groups excluding tert-OH is 2. The number of fused-ring (bicyclic) bond motifs is 3. The molecule has 1 fully saturated rings. The number of amides is 1. The Hall–Kier alpha value is -5.90. The van der Waals surface area contributed by atoms with Crippen LogP contribution in [0.3, 0.4) is 0 Å². The molecule has 7 rings (SSSR count). The monoisotopic (exact) mass is 853 g/mol. The number of rotatable bonds is 21. The van der Waals surface area contributed by atoms with Crippen LogP contribution in [0.4, 0.5) is 10.5 Å². The van der Waals surface area contributed by atoms with Crippen molar-refractivity contribution in [2.24, 2.45) is 22.9 Å². The van der Waals surface area contributed by atoms with E-state index in [1.807, 2.05) is 37.3 Å². The van der Waals surface area contributed by atoms with Crippen LogP contribution in [0.5, 0.6) is 28.7 Å². The molecule has 62 heavy (non-hydrogen) atoms. The summed E-state index contributed by atoms with van der Waals surface area (Å²) in [4.78, 5) is 33.4. The number of ether oxygens (including phenoxy) is 6. The van der Waals surface area contributed by atoms with Crippen molar-refractivity contribution < 1.29 is 53.2 Å². The van der Waals surface area contributed by atoms with E-state index >= 15 is 0 Å². The van der Waals surface area contributed by atoms with Gasteiger partial charge in [-0.05, 0) is 98.0 Å². The van der Waals surface area contributed by atoms with Gasteiger partial charge in [-0.15, -0.1) is 6.58 Å². The van der Waals surface area contributed by atoms with E-state index in [0.717, 1.165) is 36.8 Å². The van der Waals surface area contributed by atoms with Gasteiger partial charge in [-0.2, -0.15) is 0 Å². The molecular weight excluding hydrogens is 799 g/mol. The number of unbranched alkanes of at least 4 members (excludes halogenated alkanes) is 2. The Morgan fingerprint density at radius 1 is 0.952 bits per heavy atom. The number of benzene rings is 3. The molecule has 0 saturated heterocycles. The lowest BCUT2D eigenvalue weighted by molar-refractivity contribution is -0.384. The summed E-state index contributed by atoms with van der Waals surface area (Å²) in [5.41, 5.74) is 2.96. The summed E-state index contributed by atoms with van der Waals surface area (Å²) >= 11 is 0. The second kappa shape index (κ2) is 20.3. The minimum absolute atomic E-state index is 0.000493. The van der Waals surface area contributed by atoms with Crippen molar-refractivity contribution in [3.63, 3.8) is 0 Å². The number of hydrogen-bond donors (Lipinski definition) is 2. The molecule has 2 N–H and O–H groups in total. The normalized spacial score (nSPS) is 23.6. The zero-order chi connectivity index (χ0) is 43.6. The van der Waals surface area contributed by atoms with Crippen LogP contribution in [0.25, 0.3) is 0 Å². The van der Waals surface area contributed by atoms with E-state index < -0.39 is 28.8 Å². The lowest BCUT2D eigenvalue weighted by atomic mass is 9.55. The van der Waals surface area contributed by atoms with Crippen LogP contribution in [0, 0.1) is 27.9 Å². The largest absolute Gasteiger partial charge is 0.490 e. The molecule has 1 saturated carbocycles. The SMILES string of the molecule is C=CCOc1ccc2c(c1)[C@H]1[C@H](CCCCO)[C@@H](CCCCO)C=C3C(=NOCC)C[C@H](N(Cc4ccc5c(c4)OCO5)C(=O)Oc4ccc([N+](=O)[O-])cc4)[C@@](OCC=C)(O2)[C@H]31. The van der Waals surface area contributed by atoms with Gasteiger partial charge >= 0.3 is 6.09 Å². The number of allylic oxidation sites excluding steroid dienone is 1. The third-order valence-corrected chi connectivity index (χ3v) is 12.0. The highest BCUT2D eigenvalue weighted by Crippen LogP contribution is 2.62. The molecule has 6 atom stereocenters. The van der Waals surface area contributed by atoms with E-state index in [9.17, 15) is 25.1 Å². The number of non-ortho nitro benzene ring substituents is 1. The molecule has 330 valence electrons. The van der Waals surface area contributed by atoms with E-state index in [0.29, 0.717) is 60.3 Å². The Morgan fingerprint density at radius 2 is 1.68 bits per heavy atom. The van der Waals surface area contributed by atoms with E-state index in [2.05, 4.69) is 19.2 Å². The molecule has 15 nitrogen and oxygen atoms in total. The van der Waals surface area contributed by atoms with Gasteiger partial charge in [0.25, 0.3) is 5.69 Å². The lowest BCUT2D eigenvalue weighted by Crippen LogP contribution is -2.70. The number of oxime groups is 1. The molecule has 0 aromatic heterocycles. The van der Waals surface area contributed by atoms with Gasteiger partial charge in [0.1, 0.15) is 36.5 Å². The highest BCUT2D eigenvalue weighted by Gasteiger charge is 2.65. The van der Waals surface area contributed by atoms with Crippen LogP contribution >= 0.6 is 0 Å². The Morgan fingerprint density at radius 3 is 2.40 bits per heavy atom. The second-order valence-electron chi connectivity index (χ2n) is 15.7. The van der Waals surface area contributed by atoms with Gasteiger partial charge in [0.05, 0.1) is 23.2 Å². The van der Waals surface area contributed by atoms with Crippen LogP contribution in [0.1, 0.15) is 68.9 Å². The Labute approximate surface area is 361 Å². The molecule has 2 heterocycles.